The number of aliphatic hydroxyl groups is 2. The minimum atomic E-state index is -4.10. The summed E-state index contributed by atoms with van der Waals surface area (Å²) in [6, 6.07) is 3.47. The molecule has 4 N–H and O–H groups in total. The summed E-state index contributed by atoms with van der Waals surface area (Å²) in [7, 11) is -3.78. The molecule has 10 nitrogen and oxygen atoms in total. The Labute approximate surface area is 263 Å². The smallest absolute Gasteiger partial charge is 0.389 e. The Morgan fingerprint density at radius 2 is 1.71 bits per heavy atom. The van der Waals surface area contributed by atoms with Gasteiger partial charge in [0, 0.05) is 43.4 Å². The molecule has 0 radical (unpaired) electrons. The number of amidine groups is 1. The van der Waals surface area contributed by atoms with Gasteiger partial charge in [-0.25, -0.2) is 8.42 Å². The molecule has 1 aromatic rings. The molecule has 2 aliphatic heterocycles. The number of nitrogens with one attached hydrogen (secondary N) is 2. The van der Waals surface area contributed by atoms with Crippen molar-refractivity contribution in [2.24, 2.45) is 4.99 Å². The van der Waals surface area contributed by atoms with Gasteiger partial charge in [-0.15, -0.1) is 0 Å². The fourth-order valence-corrected chi connectivity index (χ4v) is 6.81. The Morgan fingerprint density at radius 3 is 2.31 bits per heavy atom. The van der Waals surface area contributed by atoms with Gasteiger partial charge >= 0.3 is 6.18 Å². The van der Waals surface area contributed by atoms with E-state index >= 15 is 0 Å². The Hall–Kier alpha value is -2.81. The van der Waals surface area contributed by atoms with Crippen molar-refractivity contribution < 1.29 is 41.4 Å². The molecule has 0 aromatic heterocycles. The van der Waals surface area contributed by atoms with Crippen molar-refractivity contribution in [3.8, 4) is 0 Å². The van der Waals surface area contributed by atoms with Gasteiger partial charge in [0.25, 0.3) is 5.91 Å². The van der Waals surface area contributed by atoms with E-state index < -0.39 is 40.9 Å². The largest absolute Gasteiger partial charge is 0.394 e. The molecule has 1 atom stereocenters. The number of hydrogen-bond acceptors (Lipinski definition) is 7. The molecule has 14 heteroatoms. The summed E-state index contributed by atoms with van der Waals surface area (Å²) in [5.74, 6) is 0.0562. The molecular formula is C31H45F3N4O6S. The number of unbranched alkanes of at least 4 members (excludes halogenated alkanes) is 5. The van der Waals surface area contributed by atoms with E-state index in [0.717, 1.165) is 42.2 Å². The fraction of sp³-hybridized carbons (Fsp3) is 0.645. The van der Waals surface area contributed by atoms with Gasteiger partial charge in [0.1, 0.15) is 11.4 Å². The molecular weight excluding hydrogens is 613 g/mol. The number of piperidine rings is 1. The number of amides is 2. The van der Waals surface area contributed by atoms with E-state index in [1.807, 2.05) is 13.8 Å². The molecule has 0 bridgehead atoms. The first-order valence-electron chi connectivity index (χ1n) is 15.5. The van der Waals surface area contributed by atoms with Gasteiger partial charge in [-0.1, -0.05) is 25.7 Å². The maximum atomic E-state index is 13.2. The van der Waals surface area contributed by atoms with Crippen molar-refractivity contribution in [2.75, 3.05) is 25.0 Å². The molecule has 252 valence electrons. The Bertz CT molecular complexity index is 1330. The summed E-state index contributed by atoms with van der Waals surface area (Å²) >= 11 is 0. The van der Waals surface area contributed by atoms with E-state index in [9.17, 15) is 36.3 Å². The molecule has 3 rings (SSSR count). The molecule has 0 unspecified atom stereocenters. The molecule has 1 saturated heterocycles. The average molecular weight is 659 g/mol. The highest BCUT2D eigenvalue weighted by molar-refractivity contribution is 7.92. The number of anilines is 1. The van der Waals surface area contributed by atoms with Crippen LogP contribution in [0.5, 0.6) is 0 Å². The number of alkyl halides is 3. The van der Waals surface area contributed by atoms with Crippen LogP contribution in [-0.2, 0) is 19.6 Å². The molecule has 1 aromatic carbocycles. The lowest BCUT2D eigenvalue weighted by Gasteiger charge is -2.34. The van der Waals surface area contributed by atoms with Crippen LogP contribution >= 0.6 is 0 Å². The summed E-state index contributed by atoms with van der Waals surface area (Å²) in [6.45, 7) is 3.48. The van der Waals surface area contributed by atoms with Crippen LogP contribution in [0.4, 0.5) is 18.9 Å². The number of benzene rings is 1. The van der Waals surface area contributed by atoms with Crippen LogP contribution in [0, 0.1) is 13.8 Å². The van der Waals surface area contributed by atoms with Gasteiger partial charge in [0.15, 0.2) is 0 Å². The van der Waals surface area contributed by atoms with Gasteiger partial charge in [0.05, 0.1) is 12.7 Å². The Morgan fingerprint density at radius 1 is 1.11 bits per heavy atom. The average Bonchev–Trinajstić information content (AvgIpc) is 3.25. The van der Waals surface area contributed by atoms with Crippen molar-refractivity contribution in [1.29, 1.82) is 0 Å². The monoisotopic (exact) mass is 658 g/mol. The standard InChI is InChI=1S/C31H45F3N4O6S/c1-22-19-24(35-28(41)11-10-25(40)21-39)20-23(2)26(22)12-18-45(43,44)38-16-14-30(15-17-38)29(42)36-27(37-30)9-7-5-3-4-6-8-13-31(32,33)34/h12,18-20,25,39-40H,3-11,13-17,21H2,1-2H3,(H,35,41)(H,36,37,42)/b18-12+/t25-/m0/s1. The molecule has 2 amide bonds. The van der Waals surface area contributed by atoms with E-state index in [1.54, 1.807) is 12.1 Å². The van der Waals surface area contributed by atoms with Gasteiger partial charge in [-0.05, 0) is 80.9 Å². The third-order valence-corrected chi connectivity index (χ3v) is 9.83. The number of aliphatic hydroxyl groups excluding tert-OH is 2. The van der Waals surface area contributed by atoms with Crippen LogP contribution in [0.1, 0.15) is 93.7 Å². The van der Waals surface area contributed by atoms with Crippen LogP contribution in [0.15, 0.2) is 22.5 Å². The number of aliphatic imine (C=N–C) groups is 1. The molecule has 2 heterocycles. The van der Waals surface area contributed by atoms with Crippen molar-refractivity contribution in [2.45, 2.75) is 109 Å². The van der Waals surface area contributed by atoms with Gasteiger partial charge in [-0.3, -0.25) is 14.6 Å². The first kappa shape index (κ1) is 36.7. The third kappa shape index (κ3) is 11.2. The van der Waals surface area contributed by atoms with E-state index in [1.165, 1.54) is 10.4 Å². The second-order valence-electron chi connectivity index (χ2n) is 12.0. The van der Waals surface area contributed by atoms with Crippen LogP contribution in [0.3, 0.4) is 0 Å². The van der Waals surface area contributed by atoms with Crippen LogP contribution < -0.4 is 10.6 Å². The zero-order chi connectivity index (χ0) is 33.3. The molecule has 2 aliphatic rings. The lowest BCUT2D eigenvalue weighted by molar-refractivity contribution is -0.135. The van der Waals surface area contributed by atoms with E-state index in [4.69, 9.17) is 5.11 Å². The number of nitrogens with zero attached hydrogens (tertiary/aromatic N) is 2. The number of carbonyl (C=O) groups excluding carboxylic acids is 2. The van der Waals surface area contributed by atoms with Crippen molar-refractivity contribution >= 4 is 39.4 Å². The maximum absolute atomic E-state index is 13.2. The lowest BCUT2D eigenvalue weighted by Crippen LogP contribution is -2.50. The first-order valence-corrected chi connectivity index (χ1v) is 17.0. The van der Waals surface area contributed by atoms with E-state index in [-0.39, 0.29) is 57.0 Å². The normalized spacial score (nSPS) is 17.9. The zero-order valence-electron chi connectivity index (χ0n) is 26.0. The Kier molecular flexibility index (Phi) is 13.2. The minimum absolute atomic E-state index is 0.0461. The summed E-state index contributed by atoms with van der Waals surface area (Å²) in [5.41, 5.74) is 1.79. The quantitative estimate of drug-likeness (QED) is 0.189. The fourth-order valence-electron chi connectivity index (χ4n) is 5.64. The third-order valence-electron chi connectivity index (χ3n) is 8.26. The van der Waals surface area contributed by atoms with Crippen molar-refractivity contribution in [3.05, 3.63) is 34.2 Å². The number of aryl methyl sites for hydroxylation is 2. The molecule has 45 heavy (non-hydrogen) atoms. The predicted molar refractivity (Wildman–Crippen MR) is 167 cm³/mol. The molecule has 0 saturated carbocycles. The van der Waals surface area contributed by atoms with Crippen molar-refractivity contribution in [3.63, 3.8) is 0 Å². The van der Waals surface area contributed by atoms with Crippen molar-refractivity contribution in [1.82, 2.24) is 9.62 Å². The highest BCUT2D eigenvalue weighted by atomic mass is 32.2. The van der Waals surface area contributed by atoms with Gasteiger partial charge < -0.3 is 20.8 Å². The van der Waals surface area contributed by atoms with Crippen LogP contribution in [0.25, 0.3) is 6.08 Å². The minimum Gasteiger partial charge on any atom is -0.394 e. The van der Waals surface area contributed by atoms with E-state index in [0.29, 0.717) is 29.9 Å². The number of halogens is 3. The summed E-state index contributed by atoms with van der Waals surface area (Å²) < 4.78 is 64.3. The summed E-state index contributed by atoms with van der Waals surface area (Å²) in [6.07, 6.45) is 0.834. The molecule has 0 aliphatic carbocycles. The SMILES string of the molecule is Cc1cc(NC(=O)CC[C@H](O)CO)cc(C)c1/C=C/S(=O)(=O)N1CCC2(CC1)N=C(CCCCCCCCC(F)(F)F)NC2=O. The van der Waals surface area contributed by atoms with E-state index in [2.05, 4.69) is 15.6 Å². The second-order valence-corrected chi connectivity index (χ2v) is 13.8. The molecule has 1 spiro atoms. The highest BCUT2D eigenvalue weighted by Gasteiger charge is 2.46. The zero-order valence-corrected chi connectivity index (χ0v) is 26.8. The highest BCUT2D eigenvalue weighted by Crippen LogP contribution is 2.32. The number of carbonyl (C=O) groups is 2. The summed E-state index contributed by atoms with van der Waals surface area (Å²) in [4.78, 5) is 29.6. The number of sulfonamides is 1. The van der Waals surface area contributed by atoms with Gasteiger partial charge in [0.2, 0.25) is 15.9 Å². The van der Waals surface area contributed by atoms with Crippen LogP contribution in [0.2, 0.25) is 0 Å². The maximum Gasteiger partial charge on any atom is 0.389 e. The Balaban J connectivity index is 1.49. The predicted octanol–water partition coefficient (Wildman–Crippen LogP) is 4.72. The number of hydrogen-bond donors (Lipinski definition) is 4. The molecule has 1 fully saturated rings. The van der Waals surface area contributed by atoms with Gasteiger partial charge in [-0.2, -0.15) is 17.5 Å². The lowest BCUT2D eigenvalue weighted by atomic mass is 9.89. The first-order chi connectivity index (χ1) is 21.1. The number of rotatable bonds is 16. The topological polar surface area (TPSA) is 148 Å². The van der Waals surface area contributed by atoms with Crippen LogP contribution in [-0.4, -0.2) is 78.1 Å². The summed E-state index contributed by atoms with van der Waals surface area (Å²) in [5, 5.41) is 25.1. The second kappa shape index (κ2) is 16.1.